The molecule has 0 aromatic heterocycles. The third-order valence-electron chi connectivity index (χ3n) is 3.51. The number of carboxylic acid groups (broad SMARTS) is 2. The number of nitrogens with two attached hydrogens (primary N) is 1. The number of carboxylic acids is 2. The maximum Gasteiger partial charge on any atom is 0.328 e. The Hall–Kier alpha value is -3.12. The van der Waals surface area contributed by atoms with Crippen molar-refractivity contribution in [2.45, 2.75) is 18.9 Å². The summed E-state index contributed by atoms with van der Waals surface area (Å²) >= 11 is 0. The average molecular weight is 357 g/mol. The molecule has 6 heteroatoms. The second-order valence-electron chi connectivity index (χ2n) is 5.82. The maximum atomic E-state index is 9.55. The van der Waals surface area contributed by atoms with Crippen LogP contribution in [0.25, 0.3) is 0 Å². The Morgan fingerprint density at radius 3 is 2.12 bits per heavy atom. The van der Waals surface area contributed by atoms with Crippen molar-refractivity contribution in [2.24, 2.45) is 5.73 Å². The zero-order valence-corrected chi connectivity index (χ0v) is 14.8. The van der Waals surface area contributed by atoms with E-state index in [1.54, 1.807) is 7.11 Å². The Morgan fingerprint density at radius 2 is 1.62 bits per heavy atom. The van der Waals surface area contributed by atoms with Gasteiger partial charge in [0, 0.05) is 17.7 Å². The molecular formula is C20H23NO5. The third-order valence-corrected chi connectivity index (χ3v) is 3.51. The molecule has 2 aromatic rings. The minimum atomic E-state index is -1.26. The van der Waals surface area contributed by atoms with Crippen molar-refractivity contribution in [1.29, 1.82) is 0 Å². The van der Waals surface area contributed by atoms with Gasteiger partial charge in [-0.1, -0.05) is 42.5 Å². The first-order valence-corrected chi connectivity index (χ1v) is 7.86. The fraction of sp³-hybridized carbons (Fsp3) is 0.200. The van der Waals surface area contributed by atoms with Gasteiger partial charge < -0.3 is 20.7 Å². The van der Waals surface area contributed by atoms with E-state index in [-0.39, 0.29) is 0 Å². The van der Waals surface area contributed by atoms with Gasteiger partial charge in [-0.05, 0) is 36.6 Å². The summed E-state index contributed by atoms with van der Waals surface area (Å²) in [6.45, 7) is 2.05. The molecule has 6 nitrogen and oxygen atoms in total. The molecule has 4 N–H and O–H groups in total. The van der Waals surface area contributed by atoms with Crippen LogP contribution in [0.4, 0.5) is 0 Å². The largest absolute Gasteiger partial charge is 0.497 e. The van der Waals surface area contributed by atoms with Gasteiger partial charge in [0.2, 0.25) is 0 Å². The van der Waals surface area contributed by atoms with E-state index in [4.69, 9.17) is 20.7 Å². The van der Waals surface area contributed by atoms with E-state index in [9.17, 15) is 9.59 Å². The normalized spacial score (nSPS) is 12.6. The molecule has 2 aromatic carbocycles. The van der Waals surface area contributed by atoms with Crippen molar-refractivity contribution in [3.8, 4) is 5.75 Å². The average Bonchev–Trinajstić information content (AvgIpc) is 2.61. The summed E-state index contributed by atoms with van der Waals surface area (Å²) in [6.07, 6.45) is 1.92. The van der Waals surface area contributed by atoms with E-state index in [2.05, 4.69) is 19.1 Å². The fourth-order valence-corrected chi connectivity index (χ4v) is 2.24. The van der Waals surface area contributed by atoms with Gasteiger partial charge in [0.1, 0.15) is 5.75 Å². The molecule has 138 valence electrons. The number of hydrogen-bond acceptors (Lipinski definition) is 4. The van der Waals surface area contributed by atoms with Gasteiger partial charge in [-0.2, -0.15) is 0 Å². The Morgan fingerprint density at radius 1 is 1.04 bits per heavy atom. The first-order valence-electron chi connectivity index (χ1n) is 7.86. The smallest absolute Gasteiger partial charge is 0.328 e. The Kier molecular flexibility index (Phi) is 8.05. The van der Waals surface area contributed by atoms with Gasteiger partial charge in [0.05, 0.1) is 7.11 Å². The summed E-state index contributed by atoms with van der Waals surface area (Å²) < 4.78 is 5.24. The number of benzene rings is 2. The van der Waals surface area contributed by atoms with E-state index in [1.807, 2.05) is 42.5 Å². The van der Waals surface area contributed by atoms with Crippen LogP contribution in [0.2, 0.25) is 0 Å². The molecule has 2 rings (SSSR count). The van der Waals surface area contributed by atoms with Crippen molar-refractivity contribution in [3.63, 3.8) is 0 Å². The van der Waals surface area contributed by atoms with Crippen LogP contribution in [-0.4, -0.2) is 29.3 Å². The molecule has 0 saturated heterocycles. The standard InChI is InChI=1S/C16H19NO.C4H4O4/c1-16(17,12-13-7-4-3-5-8-13)14-9-6-10-15(11-14)18-2;5-3(6)1-2-4(7)8/h3-11H,12,17H2,1-2H3;1-2H,(H,5,6)(H,7,8). The molecule has 0 aliphatic heterocycles. The quantitative estimate of drug-likeness (QED) is 0.686. The highest BCUT2D eigenvalue weighted by Crippen LogP contribution is 2.25. The highest BCUT2D eigenvalue weighted by Gasteiger charge is 2.22. The van der Waals surface area contributed by atoms with Gasteiger partial charge in [0.15, 0.2) is 0 Å². The molecule has 0 radical (unpaired) electrons. The summed E-state index contributed by atoms with van der Waals surface area (Å²) in [4.78, 5) is 19.1. The lowest BCUT2D eigenvalue weighted by atomic mass is 9.86. The van der Waals surface area contributed by atoms with E-state index >= 15 is 0 Å². The second-order valence-corrected chi connectivity index (χ2v) is 5.82. The summed E-state index contributed by atoms with van der Waals surface area (Å²) in [7, 11) is 1.67. The monoisotopic (exact) mass is 357 g/mol. The summed E-state index contributed by atoms with van der Waals surface area (Å²) in [5, 5.41) is 15.6. The van der Waals surface area contributed by atoms with E-state index in [0.29, 0.717) is 12.2 Å². The molecule has 0 fully saturated rings. The van der Waals surface area contributed by atoms with Crippen LogP contribution in [0.3, 0.4) is 0 Å². The number of methoxy groups -OCH3 is 1. The van der Waals surface area contributed by atoms with Crippen LogP contribution in [0.15, 0.2) is 66.7 Å². The van der Waals surface area contributed by atoms with Gasteiger partial charge in [-0.25, -0.2) is 9.59 Å². The Bertz CT molecular complexity index is 738. The number of hydrogen-bond donors (Lipinski definition) is 3. The predicted molar refractivity (Wildman–Crippen MR) is 99.1 cm³/mol. The van der Waals surface area contributed by atoms with Crippen molar-refractivity contribution in [3.05, 3.63) is 77.9 Å². The van der Waals surface area contributed by atoms with Crippen LogP contribution in [0, 0.1) is 0 Å². The first kappa shape index (κ1) is 20.9. The van der Waals surface area contributed by atoms with Gasteiger partial charge >= 0.3 is 11.9 Å². The number of carbonyl (C=O) groups is 2. The number of rotatable bonds is 6. The summed E-state index contributed by atoms with van der Waals surface area (Å²) in [5.41, 5.74) is 8.37. The Balaban J connectivity index is 0.000000359. The molecular weight excluding hydrogens is 334 g/mol. The minimum absolute atomic E-state index is 0.393. The lowest BCUT2D eigenvalue weighted by Gasteiger charge is -2.26. The molecule has 1 atom stereocenters. The lowest BCUT2D eigenvalue weighted by molar-refractivity contribution is -0.134. The lowest BCUT2D eigenvalue weighted by Crippen LogP contribution is -2.35. The highest BCUT2D eigenvalue weighted by atomic mass is 16.5. The second kappa shape index (κ2) is 10.0. The van der Waals surface area contributed by atoms with Crippen LogP contribution >= 0.6 is 0 Å². The van der Waals surface area contributed by atoms with Gasteiger partial charge in [0.25, 0.3) is 0 Å². The first-order chi connectivity index (χ1) is 12.2. The van der Waals surface area contributed by atoms with Crippen LogP contribution < -0.4 is 10.5 Å². The van der Waals surface area contributed by atoms with Crippen LogP contribution in [0.1, 0.15) is 18.1 Å². The molecule has 26 heavy (non-hydrogen) atoms. The molecule has 0 bridgehead atoms. The topological polar surface area (TPSA) is 110 Å². The molecule has 0 aliphatic rings. The van der Waals surface area contributed by atoms with Crippen molar-refractivity contribution in [1.82, 2.24) is 0 Å². The van der Waals surface area contributed by atoms with Gasteiger partial charge in [-0.3, -0.25) is 0 Å². The predicted octanol–water partition coefficient (Wildman–Crippen LogP) is 2.82. The number of aliphatic carboxylic acids is 2. The van der Waals surface area contributed by atoms with E-state index in [0.717, 1.165) is 17.7 Å². The highest BCUT2D eigenvalue weighted by molar-refractivity contribution is 5.89. The van der Waals surface area contributed by atoms with Crippen molar-refractivity contribution in [2.75, 3.05) is 7.11 Å². The molecule has 1 unspecified atom stereocenters. The van der Waals surface area contributed by atoms with Crippen LogP contribution in [0.5, 0.6) is 5.75 Å². The zero-order chi connectivity index (χ0) is 19.6. The molecule has 0 heterocycles. The fourth-order valence-electron chi connectivity index (χ4n) is 2.24. The van der Waals surface area contributed by atoms with Crippen molar-refractivity contribution < 1.29 is 24.5 Å². The maximum absolute atomic E-state index is 9.55. The van der Waals surface area contributed by atoms with Crippen molar-refractivity contribution >= 4 is 11.9 Å². The third kappa shape index (κ3) is 7.63. The minimum Gasteiger partial charge on any atom is -0.497 e. The molecule has 0 aliphatic carbocycles. The molecule has 0 saturated carbocycles. The van der Waals surface area contributed by atoms with Gasteiger partial charge in [-0.15, -0.1) is 0 Å². The zero-order valence-electron chi connectivity index (χ0n) is 14.8. The van der Waals surface area contributed by atoms with E-state index in [1.165, 1.54) is 5.56 Å². The molecule has 0 spiro atoms. The summed E-state index contributed by atoms with van der Waals surface area (Å²) in [5.74, 6) is -1.67. The SMILES string of the molecule is COc1cccc(C(C)(N)Cc2ccccc2)c1.O=C(O)C=CC(=O)O. The van der Waals surface area contributed by atoms with E-state index < -0.39 is 17.5 Å². The Labute approximate surface area is 152 Å². The molecule has 0 amide bonds. The summed E-state index contributed by atoms with van der Waals surface area (Å²) in [6, 6.07) is 18.3. The van der Waals surface area contributed by atoms with Crippen LogP contribution in [-0.2, 0) is 21.5 Å². The number of ether oxygens (including phenoxy) is 1.